The van der Waals surface area contributed by atoms with Gasteiger partial charge in [-0.05, 0) is 35.4 Å². The molecule has 0 unspecified atom stereocenters. The van der Waals surface area contributed by atoms with E-state index in [0.717, 1.165) is 5.56 Å². The quantitative estimate of drug-likeness (QED) is 0.610. The summed E-state index contributed by atoms with van der Waals surface area (Å²) in [5, 5.41) is 9.32. The van der Waals surface area contributed by atoms with Crippen LogP contribution in [0.25, 0.3) is 11.1 Å². The van der Waals surface area contributed by atoms with Gasteiger partial charge in [0.15, 0.2) is 0 Å². The Hall–Kier alpha value is -3.87. The predicted octanol–water partition coefficient (Wildman–Crippen LogP) is 3.82. The fraction of sp³-hybridized carbons (Fsp3) is 0.136. The van der Waals surface area contributed by atoms with Crippen molar-refractivity contribution in [1.29, 1.82) is 0 Å². The summed E-state index contributed by atoms with van der Waals surface area (Å²) in [4.78, 5) is 27.1. The second-order valence-corrected chi connectivity index (χ2v) is 6.06. The molecule has 1 aromatic heterocycles. The van der Waals surface area contributed by atoms with Crippen LogP contribution in [0.3, 0.4) is 0 Å². The smallest absolute Gasteiger partial charge is 0.356 e. The highest BCUT2D eigenvalue weighted by Gasteiger charge is 2.17. The van der Waals surface area contributed by atoms with Crippen LogP contribution >= 0.6 is 0 Å². The summed E-state index contributed by atoms with van der Waals surface area (Å²) in [6, 6.07) is 17.8. The van der Waals surface area contributed by atoms with Gasteiger partial charge in [0.25, 0.3) is 0 Å². The zero-order chi connectivity index (χ0) is 20.8. The predicted molar refractivity (Wildman–Crippen MR) is 105 cm³/mol. The number of hydrogen-bond acceptors (Lipinski definition) is 6. The monoisotopic (exact) mass is 393 g/mol. The molecule has 1 heterocycles. The summed E-state index contributed by atoms with van der Waals surface area (Å²) < 4.78 is 15.9. The minimum Gasteiger partial charge on any atom is -0.496 e. The Morgan fingerprint density at radius 2 is 1.69 bits per heavy atom. The maximum Gasteiger partial charge on any atom is 0.356 e. The second kappa shape index (κ2) is 8.88. The largest absolute Gasteiger partial charge is 0.496 e. The van der Waals surface area contributed by atoms with E-state index in [1.54, 1.807) is 18.2 Å². The number of pyridine rings is 1. The molecule has 0 radical (unpaired) electrons. The molecule has 0 amide bonds. The molecule has 0 atom stereocenters. The summed E-state index contributed by atoms with van der Waals surface area (Å²) in [6.07, 6.45) is 0. The van der Waals surface area contributed by atoms with Gasteiger partial charge in [0.05, 0.1) is 14.2 Å². The third kappa shape index (κ3) is 4.70. The lowest BCUT2D eigenvalue weighted by atomic mass is 10.0. The molecule has 0 bridgehead atoms. The van der Waals surface area contributed by atoms with E-state index in [0.29, 0.717) is 29.2 Å². The number of rotatable bonds is 7. The molecule has 148 valence electrons. The summed E-state index contributed by atoms with van der Waals surface area (Å²) in [5.41, 5.74) is 1.71. The number of methoxy groups -OCH3 is 2. The summed E-state index contributed by atoms with van der Waals surface area (Å²) >= 11 is 0. The van der Waals surface area contributed by atoms with Crippen molar-refractivity contribution in [3.63, 3.8) is 0 Å². The molecule has 0 spiro atoms. The van der Waals surface area contributed by atoms with Crippen molar-refractivity contribution in [1.82, 2.24) is 4.98 Å². The van der Waals surface area contributed by atoms with Gasteiger partial charge in [0.1, 0.15) is 29.5 Å². The van der Waals surface area contributed by atoms with E-state index in [9.17, 15) is 14.7 Å². The number of carboxylic acids is 1. The minimum atomic E-state index is -1.25. The van der Waals surface area contributed by atoms with Crippen molar-refractivity contribution in [2.45, 2.75) is 6.61 Å². The van der Waals surface area contributed by atoms with Gasteiger partial charge in [-0.25, -0.2) is 14.6 Å². The molecule has 7 nitrogen and oxygen atoms in total. The Morgan fingerprint density at radius 3 is 2.34 bits per heavy atom. The molecular formula is C22H19NO6. The van der Waals surface area contributed by atoms with Crippen LogP contribution in [0.4, 0.5) is 0 Å². The molecule has 7 heteroatoms. The Balaban J connectivity index is 1.95. The fourth-order valence-corrected chi connectivity index (χ4v) is 2.75. The van der Waals surface area contributed by atoms with E-state index in [2.05, 4.69) is 9.72 Å². The SMILES string of the molecule is COC(=O)c1cc(-c2ccc(OCc3ccccc3)cc2OC)cc(C(=O)O)n1. The Labute approximate surface area is 167 Å². The number of aromatic nitrogens is 1. The lowest BCUT2D eigenvalue weighted by Crippen LogP contribution is -2.10. The maximum absolute atomic E-state index is 11.9. The number of hydrogen-bond donors (Lipinski definition) is 1. The first kappa shape index (κ1) is 19.9. The summed E-state index contributed by atoms with van der Waals surface area (Å²) in [7, 11) is 2.71. The lowest BCUT2D eigenvalue weighted by Gasteiger charge is -2.13. The number of nitrogens with zero attached hydrogens (tertiary/aromatic N) is 1. The highest BCUT2D eigenvalue weighted by molar-refractivity contribution is 5.93. The van der Waals surface area contributed by atoms with Crippen molar-refractivity contribution in [2.24, 2.45) is 0 Å². The molecule has 0 saturated carbocycles. The van der Waals surface area contributed by atoms with Gasteiger partial charge in [-0.2, -0.15) is 0 Å². The van der Waals surface area contributed by atoms with Crippen molar-refractivity contribution < 1.29 is 28.9 Å². The van der Waals surface area contributed by atoms with E-state index in [4.69, 9.17) is 9.47 Å². The van der Waals surface area contributed by atoms with E-state index in [1.807, 2.05) is 30.3 Å². The molecule has 0 aliphatic heterocycles. The molecule has 0 aliphatic rings. The molecule has 3 rings (SSSR count). The minimum absolute atomic E-state index is 0.103. The molecule has 0 saturated heterocycles. The standard InChI is InChI=1S/C22H19NO6/c1-27-20-12-16(29-13-14-6-4-3-5-7-14)8-9-17(20)15-10-18(21(24)25)23-19(11-15)22(26)28-2/h3-12H,13H2,1-2H3,(H,24,25). The van der Waals surface area contributed by atoms with Crippen molar-refractivity contribution >= 4 is 11.9 Å². The zero-order valence-corrected chi connectivity index (χ0v) is 15.9. The first-order valence-corrected chi connectivity index (χ1v) is 8.70. The van der Waals surface area contributed by atoms with Crippen molar-refractivity contribution in [2.75, 3.05) is 14.2 Å². The fourth-order valence-electron chi connectivity index (χ4n) is 2.75. The number of benzene rings is 2. The summed E-state index contributed by atoms with van der Waals surface area (Å²) in [5.74, 6) is -0.918. The van der Waals surface area contributed by atoms with Gasteiger partial charge in [-0.1, -0.05) is 30.3 Å². The molecule has 0 aliphatic carbocycles. The number of carbonyl (C=O) groups excluding carboxylic acids is 1. The average Bonchev–Trinajstić information content (AvgIpc) is 2.77. The first-order chi connectivity index (χ1) is 14.0. The summed E-state index contributed by atoms with van der Waals surface area (Å²) in [6.45, 7) is 0.397. The maximum atomic E-state index is 11.9. The molecular weight excluding hydrogens is 374 g/mol. The van der Waals surface area contributed by atoms with Gasteiger partial charge in [0, 0.05) is 11.6 Å². The number of carboxylic acid groups (broad SMARTS) is 1. The second-order valence-electron chi connectivity index (χ2n) is 6.06. The van der Waals surface area contributed by atoms with Gasteiger partial charge < -0.3 is 19.3 Å². The number of aromatic carboxylic acids is 1. The first-order valence-electron chi connectivity index (χ1n) is 8.70. The number of ether oxygens (including phenoxy) is 3. The van der Waals surface area contributed by atoms with E-state index in [-0.39, 0.29) is 11.4 Å². The van der Waals surface area contributed by atoms with Crippen LogP contribution in [0.1, 0.15) is 26.5 Å². The van der Waals surface area contributed by atoms with Crippen LogP contribution in [-0.4, -0.2) is 36.2 Å². The third-order valence-electron chi connectivity index (χ3n) is 4.17. The Kier molecular flexibility index (Phi) is 6.09. The molecule has 1 N–H and O–H groups in total. The van der Waals surface area contributed by atoms with E-state index < -0.39 is 11.9 Å². The van der Waals surface area contributed by atoms with Crippen LogP contribution in [0, 0.1) is 0 Å². The molecule has 29 heavy (non-hydrogen) atoms. The van der Waals surface area contributed by atoms with Gasteiger partial charge in [-0.15, -0.1) is 0 Å². The van der Waals surface area contributed by atoms with Crippen LogP contribution in [0.15, 0.2) is 60.7 Å². The number of esters is 1. The van der Waals surface area contributed by atoms with Crippen molar-refractivity contribution in [3.8, 4) is 22.6 Å². The highest BCUT2D eigenvalue weighted by Crippen LogP contribution is 2.34. The normalized spacial score (nSPS) is 10.3. The van der Waals surface area contributed by atoms with Crippen LogP contribution in [-0.2, 0) is 11.3 Å². The van der Waals surface area contributed by atoms with Crippen molar-refractivity contribution in [3.05, 3.63) is 77.6 Å². The van der Waals surface area contributed by atoms with Gasteiger partial charge in [0.2, 0.25) is 0 Å². The Morgan fingerprint density at radius 1 is 0.966 bits per heavy atom. The molecule has 0 fully saturated rings. The van der Waals surface area contributed by atoms with Crippen LogP contribution in [0.2, 0.25) is 0 Å². The Bertz CT molecular complexity index is 1030. The topological polar surface area (TPSA) is 95.0 Å². The van der Waals surface area contributed by atoms with E-state index >= 15 is 0 Å². The zero-order valence-electron chi connectivity index (χ0n) is 15.9. The molecule has 2 aromatic carbocycles. The number of carbonyl (C=O) groups is 2. The third-order valence-corrected chi connectivity index (χ3v) is 4.17. The van der Waals surface area contributed by atoms with Crippen LogP contribution < -0.4 is 9.47 Å². The van der Waals surface area contributed by atoms with Crippen LogP contribution in [0.5, 0.6) is 11.5 Å². The lowest BCUT2D eigenvalue weighted by molar-refractivity contribution is 0.0593. The highest BCUT2D eigenvalue weighted by atomic mass is 16.5. The molecule has 3 aromatic rings. The van der Waals surface area contributed by atoms with E-state index in [1.165, 1.54) is 26.4 Å². The average molecular weight is 393 g/mol. The van der Waals surface area contributed by atoms with Gasteiger partial charge >= 0.3 is 11.9 Å². The van der Waals surface area contributed by atoms with Gasteiger partial charge in [-0.3, -0.25) is 0 Å².